The Morgan fingerprint density at radius 3 is 2.36 bits per heavy atom. The molecular formula is C17H14N4O2S2. The van der Waals surface area contributed by atoms with Gasteiger partial charge in [0.15, 0.2) is 10.1 Å². The first-order valence-electron chi connectivity index (χ1n) is 7.33. The molecule has 1 heterocycles. The van der Waals surface area contributed by atoms with Crippen molar-refractivity contribution >= 4 is 45.6 Å². The highest BCUT2D eigenvalue weighted by Gasteiger charge is 2.10. The van der Waals surface area contributed by atoms with E-state index in [9.17, 15) is 9.59 Å². The lowest BCUT2D eigenvalue weighted by molar-refractivity contribution is 0.101. The van der Waals surface area contributed by atoms with Gasteiger partial charge in [-0.15, -0.1) is 10.2 Å². The van der Waals surface area contributed by atoms with Gasteiger partial charge in [0, 0.05) is 16.8 Å². The van der Waals surface area contributed by atoms with Gasteiger partial charge in [0.05, 0.1) is 5.75 Å². The molecule has 0 aliphatic heterocycles. The van der Waals surface area contributed by atoms with Gasteiger partial charge in [-0.3, -0.25) is 9.59 Å². The van der Waals surface area contributed by atoms with E-state index in [1.165, 1.54) is 23.1 Å². The number of Topliss-reactive ketones (excluding diaryl/α,β-unsaturated/α-hetero) is 1. The van der Waals surface area contributed by atoms with E-state index < -0.39 is 0 Å². The van der Waals surface area contributed by atoms with Crippen molar-refractivity contribution in [2.75, 3.05) is 16.8 Å². The van der Waals surface area contributed by atoms with E-state index in [-0.39, 0.29) is 17.4 Å². The lowest BCUT2D eigenvalue weighted by Gasteiger charge is -2.06. The van der Waals surface area contributed by atoms with Crippen LogP contribution in [0.5, 0.6) is 0 Å². The molecule has 1 aromatic heterocycles. The largest absolute Gasteiger partial charge is 0.374 e. The van der Waals surface area contributed by atoms with Crippen LogP contribution in [0.3, 0.4) is 0 Å². The first-order chi connectivity index (χ1) is 12.1. The van der Waals surface area contributed by atoms with Crippen LogP contribution in [0.4, 0.5) is 10.8 Å². The first-order valence-corrected chi connectivity index (χ1v) is 9.13. The van der Waals surface area contributed by atoms with Gasteiger partial charge in [0.2, 0.25) is 5.13 Å². The minimum Gasteiger partial charge on any atom is -0.374 e. The van der Waals surface area contributed by atoms with Crippen LogP contribution in [-0.4, -0.2) is 27.6 Å². The Balaban J connectivity index is 1.58. The van der Waals surface area contributed by atoms with Crippen molar-refractivity contribution in [1.29, 1.82) is 0 Å². The van der Waals surface area contributed by atoms with Gasteiger partial charge in [-0.25, -0.2) is 0 Å². The molecule has 1 amide bonds. The molecule has 0 fully saturated rings. The molecule has 3 aromatic rings. The second-order valence-corrected chi connectivity index (χ2v) is 7.25. The number of carbonyl (C=O) groups is 2. The lowest BCUT2D eigenvalue weighted by atomic mass is 10.1. The Kier molecular flexibility index (Phi) is 5.42. The molecular weight excluding hydrogens is 356 g/mol. The molecule has 0 radical (unpaired) electrons. The fourth-order valence-corrected chi connectivity index (χ4v) is 3.55. The maximum atomic E-state index is 12.2. The van der Waals surface area contributed by atoms with Gasteiger partial charge in [0.25, 0.3) is 5.91 Å². The number of nitrogen functional groups attached to an aromatic ring is 1. The topological polar surface area (TPSA) is 98.0 Å². The van der Waals surface area contributed by atoms with Gasteiger partial charge in [-0.1, -0.05) is 41.3 Å². The predicted molar refractivity (Wildman–Crippen MR) is 100 cm³/mol. The van der Waals surface area contributed by atoms with E-state index in [0.717, 1.165) is 0 Å². The summed E-state index contributed by atoms with van der Waals surface area (Å²) in [4.78, 5) is 24.3. The van der Waals surface area contributed by atoms with Crippen LogP contribution in [0.25, 0.3) is 0 Å². The summed E-state index contributed by atoms with van der Waals surface area (Å²) in [6.45, 7) is 0. The summed E-state index contributed by atoms with van der Waals surface area (Å²) >= 11 is 2.55. The third-order valence-corrected chi connectivity index (χ3v) is 5.14. The summed E-state index contributed by atoms with van der Waals surface area (Å²) in [5, 5.41) is 10.8. The maximum absolute atomic E-state index is 12.2. The highest BCUT2D eigenvalue weighted by molar-refractivity contribution is 8.01. The molecule has 3 rings (SSSR count). The number of nitrogens with zero attached hydrogens (tertiary/aromatic N) is 2. The fourth-order valence-electron chi connectivity index (χ4n) is 2.02. The highest BCUT2D eigenvalue weighted by atomic mass is 32.2. The third-order valence-electron chi connectivity index (χ3n) is 3.25. The number of ketones is 1. The number of amides is 1. The molecule has 2 aromatic carbocycles. The van der Waals surface area contributed by atoms with Crippen molar-refractivity contribution in [3.63, 3.8) is 0 Å². The summed E-state index contributed by atoms with van der Waals surface area (Å²) in [6, 6.07) is 15.7. The van der Waals surface area contributed by atoms with E-state index >= 15 is 0 Å². The van der Waals surface area contributed by atoms with Crippen LogP contribution >= 0.6 is 23.1 Å². The van der Waals surface area contributed by atoms with Crippen molar-refractivity contribution in [2.45, 2.75) is 4.34 Å². The standard InChI is InChI=1S/C17H14N4O2S2/c18-16-20-21-17(25-16)24-10-14(22)11-6-8-13(9-7-11)19-15(23)12-4-2-1-3-5-12/h1-9H,10H2,(H2,18,20)(H,19,23). The Bertz CT molecular complexity index is 879. The third kappa shape index (κ3) is 4.65. The molecule has 0 bridgehead atoms. The predicted octanol–water partition coefficient (Wildman–Crippen LogP) is 3.35. The highest BCUT2D eigenvalue weighted by Crippen LogP contribution is 2.24. The minimum absolute atomic E-state index is 0.0280. The molecule has 0 spiro atoms. The molecule has 0 aliphatic carbocycles. The summed E-state index contributed by atoms with van der Waals surface area (Å²) in [6.07, 6.45) is 0. The van der Waals surface area contributed by atoms with Crippen LogP contribution in [0, 0.1) is 0 Å². The molecule has 0 unspecified atom stereocenters. The molecule has 25 heavy (non-hydrogen) atoms. The summed E-state index contributed by atoms with van der Waals surface area (Å²) in [7, 11) is 0. The number of hydrogen-bond donors (Lipinski definition) is 2. The molecule has 126 valence electrons. The average molecular weight is 370 g/mol. The Hall–Kier alpha value is -2.71. The maximum Gasteiger partial charge on any atom is 0.255 e. The Labute approximate surface area is 152 Å². The summed E-state index contributed by atoms with van der Waals surface area (Å²) < 4.78 is 0.664. The Morgan fingerprint density at radius 2 is 1.72 bits per heavy atom. The second kappa shape index (κ2) is 7.91. The van der Waals surface area contributed by atoms with E-state index in [2.05, 4.69) is 15.5 Å². The van der Waals surface area contributed by atoms with Gasteiger partial charge in [-0.05, 0) is 36.4 Å². The van der Waals surface area contributed by atoms with Crippen molar-refractivity contribution in [2.24, 2.45) is 0 Å². The number of hydrogen-bond acceptors (Lipinski definition) is 7. The van der Waals surface area contributed by atoms with E-state index in [0.29, 0.717) is 26.3 Å². The molecule has 0 saturated carbocycles. The SMILES string of the molecule is Nc1nnc(SCC(=O)c2ccc(NC(=O)c3ccccc3)cc2)s1. The van der Waals surface area contributed by atoms with Gasteiger partial charge in [-0.2, -0.15) is 0 Å². The second-order valence-electron chi connectivity index (χ2n) is 5.02. The number of thioether (sulfide) groups is 1. The zero-order valence-electron chi connectivity index (χ0n) is 13.0. The van der Waals surface area contributed by atoms with Crippen molar-refractivity contribution in [3.8, 4) is 0 Å². The van der Waals surface area contributed by atoms with Crippen molar-refractivity contribution < 1.29 is 9.59 Å². The molecule has 0 atom stereocenters. The molecule has 0 saturated heterocycles. The van der Waals surface area contributed by atoms with Crippen LogP contribution in [0.15, 0.2) is 58.9 Å². The number of nitrogens with one attached hydrogen (secondary N) is 1. The molecule has 3 N–H and O–H groups in total. The van der Waals surface area contributed by atoms with E-state index in [1.54, 1.807) is 48.5 Å². The lowest BCUT2D eigenvalue weighted by Crippen LogP contribution is -2.11. The van der Waals surface area contributed by atoms with Crippen molar-refractivity contribution in [1.82, 2.24) is 10.2 Å². The fraction of sp³-hybridized carbons (Fsp3) is 0.0588. The quantitative estimate of drug-likeness (QED) is 0.510. The molecule has 6 nitrogen and oxygen atoms in total. The first kappa shape index (κ1) is 17.1. The smallest absolute Gasteiger partial charge is 0.255 e. The number of anilines is 2. The number of nitrogens with two attached hydrogens (primary N) is 1. The number of aromatic nitrogens is 2. The normalized spacial score (nSPS) is 10.4. The number of benzene rings is 2. The van der Waals surface area contributed by atoms with Gasteiger partial charge in [0.1, 0.15) is 0 Å². The summed E-state index contributed by atoms with van der Waals surface area (Å²) in [5.74, 6) is 0.0356. The van der Waals surface area contributed by atoms with Crippen LogP contribution in [0.2, 0.25) is 0 Å². The number of carbonyl (C=O) groups excluding carboxylic acids is 2. The van der Waals surface area contributed by atoms with Crippen LogP contribution < -0.4 is 11.1 Å². The Morgan fingerprint density at radius 1 is 1.00 bits per heavy atom. The zero-order valence-corrected chi connectivity index (χ0v) is 14.6. The van der Waals surface area contributed by atoms with Gasteiger partial charge >= 0.3 is 0 Å². The monoisotopic (exact) mass is 370 g/mol. The van der Waals surface area contributed by atoms with E-state index in [1.807, 2.05) is 6.07 Å². The molecule has 8 heteroatoms. The minimum atomic E-state index is -0.191. The van der Waals surface area contributed by atoms with E-state index in [4.69, 9.17) is 5.73 Å². The average Bonchev–Trinajstić information content (AvgIpc) is 3.06. The molecule has 0 aliphatic rings. The van der Waals surface area contributed by atoms with Gasteiger partial charge < -0.3 is 11.1 Å². The number of rotatable bonds is 6. The summed E-state index contributed by atoms with van der Waals surface area (Å²) in [5.41, 5.74) is 7.29. The zero-order chi connectivity index (χ0) is 17.6. The van der Waals surface area contributed by atoms with Crippen LogP contribution in [0.1, 0.15) is 20.7 Å². The van der Waals surface area contributed by atoms with Crippen LogP contribution in [-0.2, 0) is 0 Å². The van der Waals surface area contributed by atoms with Crippen molar-refractivity contribution in [3.05, 3.63) is 65.7 Å².